The van der Waals surface area contributed by atoms with E-state index in [0.717, 1.165) is 48.1 Å². The van der Waals surface area contributed by atoms with Crippen molar-refractivity contribution >= 4 is 11.6 Å². The van der Waals surface area contributed by atoms with Gasteiger partial charge in [0, 0.05) is 16.5 Å². The van der Waals surface area contributed by atoms with Crippen LogP contribution >= 0.6 is 11.6 Å². The molecule has 0 saturated heterocycles. The average Bonchev–Trinajstić information content (AvgIpc) is 3.38. The van der Waals surface area contributed by atoms with E-state index < -0.39 is 5.60 Å². The van der Waals surface area contributed by atoms with Crippen LogP contribution in [0.2, 0.25) is 5.02 Å². The second kappa shape index (κ2) is 6.69. The fraction of sp³-hybridized carbons (Fsp3) is 0.385. The van der Waals surface area contributed by atoms with Crippen molar-refractivity contribution in [3.63, 3.8) is 0 Å². The Labute approximate surface area is 192 Å². The summed E-state index contributed by atoms with van der Waals surface area (Å²) in [6.07, 6.45) is 5.21. The number of aromatic hydroxyl groups is 1. The molecule has 1 spiro atoms. The molecule has 6 heteroatoms. The van der Waals surface area contributed by atoms with E-state index in [2.05, 4.69) is 23.0 Å². The summed E-state index contributed by atoms with van der Waals surface area (Å²) >= 11 is 6.03. The molecule has 0 amide bonds. The zero-order valence-corrected chi connectivity index (χ0v) is 18.8. The zero-order chi connectivity index (χ0) is 22.3. The van der Waals surface area contributed by atoms with Gasteiger partial charge >= 0.3 is 0 Å². The lowest BCUT2D eigenvalue weighted by atomic mass is 9.63. The maximum atomic E-state index is 11.3. The second-order valence-corrected chi connectivity index (χ2v) is 10.3. The molecule has 0 unspecified atom stereocenters. The van der Waals surface area contributed by atoms with E-state index in [1.54, 1.807) is 0 Å². The third-order valence-corrected chi connectivity index (χ3v) is 8.60. The number of phenolic OH excluding ortho intramolecular Hbond substituents is 1. The normalized spacial score (nSPS) is 30.4. The summed E-state index contributed by atoms with van der Waals surface area (Å²) < 4.78 is 1.91. The van der Waals surface area contributed by atoms with Gasteiger partial charge in [-0.3, -0.25) is 4.68 Å². The highest BCUT2D eigenvalue weighted by Crippen LogP contribution is 2.71. The maximum Gasteiger partial charge on any atom is 0.118 e. The van der Waals surface area contributed by atoms with Crippen LogP contribution in [0.15, 0.2) is 54.7 Å². The first-order chi connectivity index (χ1) is 15.3. The fourth-order valence-corrected chi connectivity index (χ4v) is 6.95. The van der Waals surface area contributed by atoms with Gasteiger partial charge in [-0.05, 0) is 84.4 Å². The quantitative estimate of drug-likeness (QED) is 0.530. The minimum atomic E-state index is -0.774. The summed E-state index contributed by atoms with van der Waals surface area (Å²) in [5.74, 6) is 0.817. The number of halogens is 1. The number of aromatic nitrogens is 3. The van der Waals surface area contributed by atoms with Crippen molar-refractivity contribution in [1.29, 1.82) is 0 Å². The number of phenols is 1. The Morgan fingerprint density at radius 2 is 2.00 bits per heavy atom. The van der Waals surface area contributed by atoms with E-state index in [1.165, 1.54) is 11.1 Å². The highest BCUT2D eigenvalue weighted by Gasteiger charge is 2.64. The van der Waals surface area contributed by atoms with Crippen molar-refractivity contribution in [2.75, 3.05) is 0 Å². The molecule has 2 N–H and O–H groups in total. The smallest absolute Gasteiger partial charge is 0.118 e. The molecule has 0 radical (unpaired) electrons. The molecule has 3 aromatic rings. The summed E-state index contributed by atoms with van der Waals surface area (Å²) in [6.45, 7) is 6.93. The molecule has 164 valence electrons. The monoisotopic (exact) mass is 447 g/mol. The molecule has 2 aromatic carbocycles. The van der Waals surface area contributed by atoms with Gasteiger partial charge in [0.25, 0.3) is 0 Å². The number of nitrogens with zero attached hydrogens (tertiary/aromatic N) is 3. The fourth-order valence-electron chi connectivity index (χ4n) is 6.82. The minimum absolute atomic E-state index is 0.0998. The van der Waals surface area contributed by atoms with Gasteiger partial charge in [0.2, 0.25) is 0 Å². The summed E-state index contributed by atoms with van der Waals surface area (Å²) in [5.41, 5.74) is 5.34. The summed E-state index contributed by atoms with van der Waals surface area (Å²) in [4.78, 5) is 0. The Morgan fingerprint density at radius 3 is 2.78 bits per heavy atom. The van der Waals surface area contributed by atoms with Crippen LogP contribution in [-0.2, 0) is 6.54 Å². The van der Waals surface area contributed by atoms with Gasteiger partial charge in [0.15, 0.2) is 0 Å². The van der Waals surface area contributed by atoms with Crippen LogP contribution in [0.3, 0.4) is 0 Å². The minimum Gasteiger partial charge on any atom is -0.508 e. The third kappa shape index (κ3) is 2.67. The molecule has 3 aliphatic carbocycles. The van der Waals surface area contributed by atoms with Crippen LogP contribution in [0, 0.1) is 12.3 Å². The summed E-state index contributed by atoms with van der Waals surface area (Å²) in [5, 5.41) is 31.4. The van der Waals surface area contributed by atoms with Crippen LogP contribution in [0.25, 0.3) is 11.3 Å². The van der Waals surface area contributed by atoms with Crippen molar-refractivity contribution < 1.29 is 10.2 Å². The molecule has 1 aromatic heterocycles. The van der Waals surface area contributed by atoms with Crippen LogP contribution in [0.5, 0.6) is 5.75 Å². The predicted molar refractivity (Wildman–Crippen MR) is 124 cm³/mol. The van der Waals surface area contributed by atoms with Gasteiger partial charge < -0.3 is 10.2 Å². The van der Waals surface area contributed by atoms with Crippen molar-refractivity contribution in [3.05, 3.63) is 76.5 Å². The number of hydrogen-bond acceptors (Lipinski definition) is 4. The first kappa shape index (κ1) is 20.0. The standard InChI is InChI=1S/C26H26ClN3O2/c1-15-11-25-14-26(15,32)10-9-20(25)19-7-8-23(31)16(2)24(19)21(25)12-30-13-22(28-29-30)17-3-5-18(27)6-4-17/h3-8,13,20-21,31-32H,1,9-12,14H2,2H3/t20-,21-,25-,26-/m0/s1. The van der Waals surface area contributed by atoms with Crippen LogP contribution < -0.4 is 0 Å². The highest BCUT2D eigenvalue weighted by molar-refractivity contribution is 6.30. The van der Waals surface area contributed by atoms with Gasteiger partial charge in [-0.2, -0.15) is 0 Å². The molecule has 32 heavy (non-hydrogen) atoms. The van der Waals surface area contributed by atoms with Crippen molar-refractivity contribution in [2.24, 2.45) is 5.41 Å². The molecule has 6 rings (SSSR count). The Balaban J connectivity index is 1.43. The molecular weight excluding hydrogens is 422 g/mol. The Kier molecular flexibility index (Phi) is 4.18. The molecule has 4 atom stereocenters. The lowest BCUT2D eigenvalue weighted by Crippen LogP contribution is -2.39. The SMILES string of the molecule is C=C1C[C@]23C[C@@]1(O)CC[C@H]2c1ccc(O)c(C)c1[C@@H]3Cn1cc(-c2ccc(Cl)cc2)nn1. The number of hydrogen-bond donors (Lipinski definition) is 2. The van der Waals surface area contributed by atoms with Crippen molar-refractivity contribution in [3.8, 4) is 17.0 Å². The van der Waals surface area contributed by atoms with E-state index in [4.69, 9.17) is 11.6 Å². The second-order valence-electron chi connectivity index (χ2n) is 9.91. The Morgan fingerprint density at radius 1 is 1.22 bits per heavy atom. The lowest BCUT2D eigenvalue weighted by Gasteiger charge is -2.42. The van der Waals surface area contributed by atoms with Crippen molar-refractivity contribution in [2.45, 2.75) is 56.6 Å². The predicted octanol–water partition coefficient (Wildman–Crippen LogP) is 5.35. The van der Waals surface area contributed by atoms with Crippen LogP contribution in [0.4, 0.5) is 0 Å². The van der Waals surface area contributed by atoms with E-state index >= 15 is 0 Å². The van der Waals surface area contributed by atoms with Crippen LogP contribution in [0.1, 0.15) is 54.2 Å². The van der Waals surface area contributed by atoms with E-state index in [1.807, 2.05) is 48.1 Å². The van der Waals surface area contributed by atoms with Gasteiger partial charge in [0.1, 0.15) is 11.4 Å². The molecule has 1 heterocycles. The highest BCUT2D eigenvalue weighted by atomic mass is 35.5. The van der Waals surface area contributed by atoms with E-state index in [9.17, 15) is 10.2 Å². The molecular formula is C26H26ClN3O2. The lowest BCUT2D eigenvalue weighted by molar-refractivity contribution is 0.00370. The molecule has 2 bridgehead atoms. The molecule has 5 nitrogen and oxygen atoms in total. The Bertz CT molecular complexity index is 1250. The maximum absolute atomic E-state index is 11.3. The average molecular weight is 448 g/mol. The third-order valence-electron chi connectivity index (χ3n) is 8.35. The van der Waals surface area contributed by atoms with Gasteiger partial charge in [-0.15, -0.1) is 5.10 Å². The largest absolute Gasteiger partial charge is 0.508 e. The van der Waals surface area contributed by atoms with Crippen LogP contribution in [-0.4, -0.2) is 30.8 Å². The van der Waals surface area contributed by atoms with Gasteiger partial charge in [0.05, 0.1) is 18.3 Å². The first-order valence-corrected chi connectivity index (χ1v) is 11.6. The summed E-state index contributed by atoms with van der Waals surface area (Å²) in [7, 11) is 0. The van der Waals surface area contributed by atoms with Gasteiger partial charge in [-0.1, -0.05) is 41.6 Å². The van der Waals surface area contributed by atoms with E-state index in [0.29, 0.717) is 23.2 Å². The first-order valence-electron chi connectivity index (χ1n) is 11.2. The number of benzene rings is 2. The number of aliphatic hydroxyl groups is 1. The Hall–Kier alpha value is -2.63. The molecule has 3 aliphatic rings. The molecule has 2 fully saturated rings. The topological polar surface area (TPSA) is 71.2 Å². The van der Waals surface area contributed by atoms with E-state index in [-0.39, 0.29) is 11.3 Å². The zero-order valence-electron chi connectivity index (χ0n) is 18.1. The summed E-state index contributed by atoms with van der Waals surface area (Å²) in [6, 6.07) is 11.5. The molecule has 2 saturated carbocycles. The number of rotatable bonds is 3. The number of fused-ring (bicyclic) bond motifs is 3. The van der Waals surface area contributed by atoms with Crippen molar-refractivity contribution in [1.82, 2.24) is 15.0 Å². The van der Waals surface area contributed by atoms with Gasteiger partial charge in [-0.25, -0.2) is 0 Å². The molecule has 0 aliphatic heterocycles.